The van der Waals surface area contributed by atoms with Crippen LogP contribution in [0.1, 0.15) is 30.4 Å². The van der Waals surface area contributed by atoms with Crippen molar-refractivity contribution in [1.82, 2.24) is 29.5 Å². The molecular formula is C12H17ClN6OS. The largest absolute Gasteiger partial charge is 0.338 e. The van der Waals surface area contributed by atoms with Gasteiger partial charge in [0.15, 0.2) is 5.82 Å². The minimum absolute atomic E-state index is 0.151. The highest BCUT2D eigenvalue weighted by atomic mass is 35.5. The Morgan fingerprint density at radius 2 is 2.10 bits per heavy atom. The van der Waals surface area contributed by atoms with Gasteiger partial charge in [-0.3, -0.25) is 9.80 Å². The number of aryl methyl sites for hydroxylation is 1. The van der Waals surface area contributed by atoms with Crippen LogP contribution < -0.4 is 0 Å². The summed E-state index contributed by atoms with van der Waals surface area (Å²) in [6, 6.07) is 0.151. The number of hydrogen-bond acceptors (Lipinski definition) is 8. The van der Waals surface area contributed by atoms with Crippen LogP contribution in [0.4, 0.5) is 0 Å². The molecule has 9 heteroatoms. The minimum Gasteiger partial charge on any atom is -0.338 e. The van der Waals surface area contributed by atoms with Crippen LogP contribution in [0, 0.1) is 6.92 Å². The normalized spacial score (nSPS) is 19.0. The first kappa shape index (κ1) is 14.8. The maximum atomic E-state index is 6.05. The monoisotopic (exact) mass is 328 g/mol. The molecule has 0 aromatic carbocycles. The van der Waals surface area contributed by atoms with Crippen LogP contribution in [0.5, 0.6) is 0 Å². The summed E-state index contributed by atoms with van der Waals surface area (Å²) in [7, 11) is 0. The summed E-state index contributed by atoms with van der Waals surface area (Å²) in [5.74, 6) is 1.37. The van der Waals surface area contributed by atoms with E-state index in [-0.39, 0.29) is 6.04 Å². The fraction of sp³-hybridized carbons (Fsp3) is 0.667. The summed E-state index contributed by atoms with van der Waals surface area (Å²) in [4.78, 5) is 9.00. The molecule has 1 saturated heterocycles. The van der Waals surface area contributed by atoms with Gasteiger partial charge in [0.2, 0.25) is 5.89 Å². The Morgan fingerprint density at radius 1 is 1.33 bits per heavy atom. The number of halogens is 1. The Kier molecular flexibility index (Phi) is 4.48. The molecule has 0 aliphatic carbocycles. The molecular weight excluding hydrogens is 312 g/mol. The molecule has 1 fully saturated rings. The highest BCUT2D eigenvalue weighted by molar-refractivity contribution is 7.10. The maximum Gasteiger partial charge on any atom is 0.243 e. The van der Waals surface area contributed by atoms with E-state index in [1.165, 1.54) is 11.5 Å². The number of piperazine rings is 1. The Hall–Kier alpha value is -1.09. The minimum atomic E-state index is 0.151. The van der Waals surface area contributed by atoms with E-state index in [0.717, 1.165) is 38.4 Å². The number of rotatable bonds is 4. The highest BCUT2D eigenvalue weighted by Crippen LogP contribution is 2.22. The van der Waals surface area contributed by atoms with E-state index in [4.69, 9.17) is 16.1 Å². The summed E-state index contributed by atoms with van der Waals surface area (Å²) < 4.78 is 9.81. The van der Waals surface area contributed by atoms with Crippen LogP contribution in [0.15, 0.2) is 4.52 Å². The van der Waals surface area contributed by atoms with Gasteiger partial charge in [0, 0.05) is 44.3 Å². The Labute approximate surface area is 132 Å². The zero-order valence-corrected chi connectivity index (χ0v) is 13.6. The van der Waals surface area contributed by atoms with E-state index < -0.39 is 0 Å². The van der Waals surface area contributed by atoms with Gasteiger partial charge in [-0.2, -0.15) is 4.98 Å². The van der Waals surface area contributed by atoms with Crippen LogP contribution in [0.25, 0.3) is 0 Å². The van der Waals surface area contributed by atoms with Crippen LogP contribution in [0.2, 0.25) is 4.34 Å². The first-order valence-corrected chi connectivity index (χ1v) is 8.02. The first-order chi connectivity index (χ1) is 10.1. The van der Waals surface area contributed by atoms with E-state index in [2.05, 4.69) is 36.5 Å². The van der Waals surface area contributed by atoms with Crippen molar-refractivity contribution in [3.8, 4) is 0 Å². The van der Waals surface area contributed by atoms with E-state index in [0.29, 0.717) is 16.1 Å². The smallest absolute Gasteiger partial charge is 0.243 e. The third kappa shape index (κ3) is 3.39. The van der Waals surface area contributed by atoms with Gasteiger partial charge in [-0.1, -0.05) is 21.2 Å². The molecule has 3 rings (SSSR count). The van der Waals surface area contributed by atoms with Gasteiger partial charge in [-0.15, -0.1) is 5.10 Å². The molecule has 0 bridgehead atoms. The lowest BCUT2D eigenvalue weighted by atomic mass is 10.2. The second-order valence-electron chi connectivity index (χ2n) is 5.16. The molecule has 0 N–H and O–H groups in total. The van der Waals surface area contributed by atoms with Gasteiger partial charge in [0.25, 0.3) is 0 Å². The molecule has 0 spiro atoms. The molecule has 0 radical (unpaired) electrons. The molecule has 0 unspecified atom stereocenters. The van der Waals surface area contributed by atoms with Gasteiger partial charge >= 0.3 is 0 Å². The molecule has 21 heavy (non-hydrogen) atoms. The Morgan fingerprint density at radius 3 is 2.67 bits per heavy atom. The van der Waals surface area contributed by atoms with Crippen LogP contribution in [0.3, 0.4) is 0 Å². The number of aromatic nitrogens is 4. The SMILES string of the molecule is Cc1noc([C@@H](C)N2CCN(Cc3nnsc3Cl)CC2)n1. The predicted molar refractivity (Wildman–Crippen MR) is 79.2 cm³/mol. The molecule has 1 atom stereocenters. The van der Waals surface area contributed by atoms with Crippen LogP contribution in [-0.2, 0) is 6.54 Å². The van der Waals surface area contributed by atoms with Crippen molar-refractivity contribution in [2.24, 2.45) is 0 Å². The van der Waals surface area contributed by atoms with E-state index in [9.17, 15) is 0 Å². The summed E-state index contributed by atoms with van der Waals surface area (Å²) in [6.07, 6.45) is 0. The van der Waals surface area contributed by atoms with Gasteiger partial charge < -0.3 is 4.52 Å². The van der Waals surface area contributed by atoms with Crippen molar-refractivity contribution >= 4 is 23.1 Å². The van der Waals surface area contributed by atoms with Crippen molar-refractivity contribution in [1.29, 1.82) is 0 Å². The van der Waals surface area contributed by atoms with Crippen molar-refractivity contribution in [2.75, 3.05) is 26.2 Å². The van der Waals surface area contributed by atoms with Crippen LogP contribution >= 0.6 is 23.1 Å². The number of hydrogen-bond donors (Lipinski definition) is 0. The van der Waals surface area contributed by atoms with E-state index >= 15 is 0 Å². The molecule has 0 amide bonds. The molecule has 3 heterocycles. The second-order valence-corrected chi connectivity index (χ2v) is 6.52. The lowest BCUT2D eigenvalue weighted by Gasteiger charge is -2.36. The van der Waals surface area contributed by atoms with Gasteiger partial charge in [0.1, 0.15) is 10.0 Å². The molecule has 1 aliphatic rings. The van der Waals surface area contributed by atoms with Crippen molar-refractivity contribution in [3.63, 3.8) is 0 Å². The van der Waals surface area contributed by atoms with Gasteiger partial charge in [-0.05, 0) is 13.8 Å². The van der Waals surface area contributed by atoms with Crippen molar-refractivity contribution < 1.29 is 4.52 Å². The van der Waals surface area contributed by atoms with Gasteiger partial charge in [0.05, 0.1) is 6.04 Å². The molecule has 0 saturated carbocycles. The predicted octanol–water partition coefficient (Wildman–Crippen LogP) is 1.76. The van der Waals surface area contributed by atoms with Crippen LogP contribution in [-0.4, -0.2) is 55.7 Å². The third-order valence-electron chi connectivity index (χ3n) is 3.74. The molecule has 1 aliphatic heterocycles. The first-order valence-electron chi connectivity index (χ1n) is 6.87. The molecule has 7 nitrogen and oxygen atoms in total. The molecule has 2 aromatic rings. The average molecular weight is 329 g/mol. The lowest BCUT2D eigenvalue weighted by molar-refractivity contribution is 0.0839. The second kappa shape index (κ2) is 6.35. The van der Waals surface area contributed by atoms with Crippen molar-refractivity contribution in [2.45, 2.75) is 26.4 Å². The quantitative estimate of drug-likeness (QED) is 0.846. The van der Waals surface area contributed by atoms with E-state index in [1.807, 2.05) is 6.92 Å². The van der Waals surface area contributed by atoms with E-state index in [1.54, 1.807) is 0 Å². The fourth-order valence-electron chi connectivity index (χ4n) is 2.45. The average Bonchev–Trinajstić information content (AvgIpc) is 3.08. The summed E-state index contributed by atoms with van der Waals surface area (Å²) in [6.45, 7) is 8.54. The lowest BCUT2D eigenvalue weighted by Crippen LogP contribution is -2.46. The standard InChI is InChI=1S/C12H17ClN6OS/c1-8(12-14-9(2)16-20-12)19-5-3-18(4-6-19)7-10-11(13)21-17-15-10/h8H,3-7H2,1-2H3/t8-/m1/s1. The highest BCUT2D eigenvalue weighted by Gasteiger charge is 2.26. The number of nitrogens with zero attached hydrogens (tertiary/aromatic N) is 6. The Bertz CT molecular complexity index is 594. The fourth-order valence-corrected chi connectivity index (χ4v) is 3.06. The summed E-state index contributed by atoms with van der Waals surface area (Å²) in [5.41, 5.74) is 0.871. The molecule has 114 valence electrons. The summed E-state index contributed by atoms with van der Waals surface area (Å²) >= 11 is 7.29. The van der Waals surface area contributed by atoms with Crippen molar-refractivity contribution in [3.05, 3.63) is 21.7 Å². The molecule has 2 aromatic heterocycles. The zero-order valence-electron chi connectivity index (χ0n) is 12.0. The third-order valence-corrected chi connectivity index (χ3v) is 4.72. The zero-order chi connectivity index (χ0) is 14.8. The van der Waals surface area contributed by atoms with Gasteiger partial charge in [-0.25, -0.2) is 0 Å². The topological polar surface area (TPSA) is 71.2 Å². The summed E-state index contributed by atoms with van der Waals surface area (Å²) in [5, 5.41) is 7.92. The maximum absolute atomic E-state index is 6.05. The Balaban J connectivity index is 1.54.